The Kier molecular flexibility index (Phi) is 5.16. The van der Waals surface area contributed by atoms with Crippen molar-refractivity contribution >= 4 is 28.9 Å². The lowest BCUT2D eigenvalue weighted by Gasteiger charge is -2.30. The van der Waals surface area contributed by atoms with Gasteiger partial charge in [-0.2, -0.15) is 0 Å². The van der Waals surface area contributed by atoms with Crippen molar-refractivity contribution in [2.24, 2.45) is 0 Å². The van der Waals surface area contributed by atoms with Gasteiger partial charge in [0.25, 0.3) is 5.91 Å². The minimum atomic E-state index is -0.322. The Hall–Kier alpha value is -3.46. The maximum atomic E-state index is 12.6. The number of amides is 1. The van der Waals surface area contributed by atoms with E-state index in [9.17, 15) is 4.79 Å². The van der Waals surface area contributed by atoms with Gasteiger partial charge < -0.3 is 24.8 Å². The molecule has 2 aromatic heterocycles. The number of nitrogens with zero attached hydrogens (tertiary/aromatic N) is 4. The van der Waals surface area contributed by atoms with Gasteiger partial charge in [0.05, 0.1) is 37.0 Å². The van der Waals surface area contributed by atoms with Gasteiger partial charge in [-0.15, -0.1) is 0 Å². The van der Waals surface area contributed by atoms with Crippen LogP contribution in [0.15, 0.2) is 47.2 Å². The highest BCUT2D eigenvalue weighted by Gasteiger charge is 2.17. The summed E-state index contributed by atoms with van der Waals surface area (Å²) in [4.78, 5) is 23.2. The van der Waals surface area contributed by atoms with E-state index >= 15 is 0 Å². The number of aryl methyl sites for hydroxylation is 1. The number of aromatic nitrogens is 3. The molecule has 0 unspecified atom stereocenters. The number of morpholine rings is 1. The summed E-state index contributed by atoms with van der Waals surface area (Å²) in [6.45, 7) is 4.72. The molecule has 0 spiro atoms. The first kappa shape index (κ1) is 17.9. The van der Waals surface area contributed by atoms with Crippen LogP contribution in [0.3, 0.4) is 0 Å². The third kappa shape index (κ3) is 4.09. The van der Waals surface area contributed by atoms with E-state index in [4.69, 9.17) is 9.26 Å². The standard InChI is InChI=1S/C19H20N6O3/c1-13-10-17(24-28-13)23-18-12-20-15(11-21-18)19(26)22-14-4-2-3-5-16(14)25-6-8-27-9-7-25/h2-5,10-12H,6-9H2,1H3,(H,22,26)(H,21,23,24). The number of rotatable bonds is 5. The molecule has 0 aliphatic carbocycles. The summed E-state index contributed by atoms with van der Waals surface area (Å²) < 4.78 is 10.4. The Labute approximate surface area is 161 Å². The normalized spacial score (nSPS) is 14.0. The third-order valence-electron chi connectivity index (χ3n) is 4.27. The van der Waals surface area contributed by atoms with Gasteiger partial charge >= 0.3 is 0 Å². The second kappa shape index (κ2) is 8.05. The largest absolute Gasteiger partial charge is 0.378 e. The molecule has 1 saturated heterocycles. The average Bonchev–Trinajstić information content (AvgIpc) is 3.14. The molecule has 9 heteroatoms. The number of nitrogens with one attached hydrogen (secondary N) is 2. The van der Waals surface area contributed by atoms with Crippen LogP contribution < -0.4 is 15.5 Å². The zero-order valence-corrected chi connectivity index (χ0v) is 15.4. The lowest BCUT2D eigenvalue weighted by Crippen LogP contribution is -2.36. The number of ether oxygens (including phenoxy) is 1. The van der Waals surface area contributed by atoms with Gasteiger partial charge in [-0.25, -0.2) is 9.97 Å². The molecule has 3 heterocycles. The van der Waals surface area contributed by atoms with Gasteiger partial charge in [0.2, 0.25) is 0 Å². The monoisotopic (exact) mass is 380 g/mol. The molecule has 28 heavy (non-hydrogen) atoms. The molecule has 144 valence electrons. The van der Waals surface area contributed by atoms with Crippen LogP contribution in [0.25, 0.3) is 0 Å². The minimum absolute atomic E-state index is 0.221. The summed E-state index contributed by atoms with van der Waals surface area (Å²) in [5.74, 6) is 1.37. The highest BCUT2D eigenvalue weighted by molar-refractivity contribution is 6.04. The first-order chi connectivity index (χ1) is 13.7. The molecular formula is C19H20N6O3. The lowest BCUT2D eigenvalue weighted by molar-refractivity contribution is 0.102. The molecule has 0 saturated carbocycles. The summed E-state index contributed by atoms with van der Waals surface area (Å²) >= 11 is 0. The van der Waals surface area contributed by atoms with Gasteiger partial charge in [0, 0.05) is 19.2 Å². The fourth-order valence-electron chi connectivity index (χ4n) is 2.91. The smallest absolute Gasteiger partial charge is 0.275 e. The molecule has 0 radical (unpaired) electrons. The van der Waals surface area contributed by atoms with Crippen molar-refractivity contribution in [3.8, 4) is 0 Å². The van der Waals surface area contributed by atoms with Crippen molar-refractivity contribution in [1.29, 1.82) is 0 Å². The molecule has 0 bridgehead atoms. The van der Waals surface area contributed by atoms with Gasteiger partial charge in [-0.3, -0.25) is 4.79 Å². The van der Waals surface area contributed by atoms with E-state index in [1.54, 1.807) is 13.0 Å². The maximum absolute atomic E-state index is 12.6. The van der Waals surface area contributed by atoms with Crippen LogP contribution in [0.2, 0.25) is 0 Å². The zero-order valence-electron chi connectivity index (χ0n) is 15.4. The Morgan fingerprint density at radius 3 is 2.64 bits per heavy atom. The van der Waals surface area contributed by atoms with Crippen LogP contribution in [0.1, 0.15) is 16.2 Å². The Morgan fingerprint density at radius 2 is 1.93 bits per heavy atom. The van der Waals surface area contributed by atoms with Crippen LogP contribution >= 0.6 is 0 Å². The van der Waals surface area contributed by atoms with E-state index in [1.165, 1.54) is 12.4 Å². The molecule has 1 aromatic carbocycles. The zero-order chi connectivity index (χ0) is 19.3. The van der Waals surface area contributed by atoms with E-state index in [-0.39, 0.29) is 11.6 Å². The van der Waals surface area contributed by atoms with Crippen molar-refractivity contribution in [2.75, 3.05) is 41.8 Å². The van der Waals surface area contributed by atoms with Crippen molar-refractivity contribution in [3.63, 3.8) is 0 Å². The van der Waals surface area contributed by atoms with E-state index in [2.05, 4.69) is 30.7 Å². The Morgan fingerprint density at radius 1 is 1.11 bits per heavy atom. The lowest BCUT2D eigenvalue weighted by atomic mass is 10.2. The number of carbonyl (C=O) groups is 1. The molecule has 1 amide bonds. The second-order valence-corrected chi connectivity index (χ2v) is 6.31. The fraction of sp³-hybridized carbons (Fsp3) is 0.263. The van der Waals surface area contributed by atoms with E-state index < -0.39 is 0 Å². The maximum Gasteiger partial charge on any atom is 0.275 e. The van der Waals surface area contributed by atoms with Crippen molar-refractivity contribution in [3.05, 3.63) is 54.2 Å². The van der Waals surface area contributed by atoms with E-state index in [1.807, 2.05) is 24.3 Å². The second-order valence-electron chi connectivity index (χ2n) is 6.31. The van der Waals surface area contributed by atoms with Crippen LogP contribution in [-0.2, 0) is 4.74 Å². The predicted molar refractivity (Wildman–Crippen MR) is 104 cm³/mol. The molecule has 4 rings (SSSR count). The first-order valence-corrected chi connectivity index (χ1v) is 8.94. The Balaban J connectivity index is 1.45. The predicted octanol–water partition coefficient (Wildman–Crippen LogP) is 2.61. The molecule has 9 nitrogen and oxygen atoms in total. The number of hydrogen-bond donors (Lipinski definition) is 2. The van der Waals surface area contributed by atoms with Gasteiger partial charge in [-0.1, -0.05) is 17.3 Å². The molecule has 0 atom stereocenters. The SMILES string of the molecule is Cc1cc(Nc2cnc(C(=O)Nc3ccccc3N3CCOCC3)cn2)no1. The van der Waals surface area contributed by atoms with E-state index in [0.717, 1.165) is 24.5 Å². The molecule has 3 aromatic rings. The topological polar surface area (TPSA) is 105 Å². The van der Waals surface area contributed by atoms with Gasteiger partial charge in [0.1, 0.15) is 17.3 Å². The van der Waals surface area contributed by atoms with Crippen molar-refractivity contribution < 1.29 is 14.1 Å². The summed E-state index contributed by atoms with van der Waals surface area (Å²) in [6, 6.07) is 9.44. The molecule has 2 N–H and O–H groups in total. The third-order valence-corrected chi connectivity index (χ3v) is 4.27. The molecular weight excluding hydrogens is 360 g/mol. The van der Waals surface area contributed by atoms with Crippen molar-refractivity contribution in [1.82, 2.24) is 15.1 Å². The van der Waals surface area contributed by atoms with Gasteiger partial charge in [-0.05, 0) is 19.1 Å². The summed E-state index contributed by atoms with van der Waals surface area (Å²) in [5, 5.41) is 9.72. The van der Waals surface area contributed by atoms with Crippen LogP contribution in [-0.4, -0.2) is 47.3 Å². The molecule has 1 aliphatic rings. The number of anilines is 4. The van der Waals surface area contributed by atoms with E-state index in [0.29, 0.717) is 30.6 Å². The highest BCUT2D eigenvalue weighted by Crippen LogP contribution is 2.26. The summed E-state index contributed by atoms with van der Waals surface area (Å²) in [7, 11) is 0. The number of hydrogen-bond acceptors (Lipinski definition) is 8. The quantitative estimate of drug-likeness (QED) is 0.696. The minimum Gasteiger partial charge on any atom is -0.378 e. The highest BCUT2D eigenvalue weighted by atomic mass is 16.5. The number of para-hydroxylation sites is 2. The Bertz CT molecular complexity index is 950. The van der Waals surface area contributed by atoms with Crippen molar-refractivity contribution in [2.45, 2.75) is 6.92 Å². The molecule has 1 aliphatic heterocycles. The first-order valence-electron chi connectivity index (χ1n) is 8.94. The number of carbonyl (C=O) groups excluding carboxylic acids is 1. The van der Waals surface area contributed by atoms with Crippen LogP contribution in [0, 0.1) is 6.92 Å². The van der Waals surface area contributed by atoms with Crippen LogP contribution in [0.4, 0.5) is 23.0 Å². The fourth-order valence-corrected chi connectivity index (χ4v) is 2.91. The van der Waals surface area contributed by atoms with Gasteiger partial charge in [0.15, 0.2) is 5.82 Å². The average molecular weight is 380 g/mol. The number of benzene rings is 1. The summed E-state index contributed by atoms with van der Waals surface area (Å²) in [6.07, 6.45) is 2.90. The summed E-state index contributed by atoms with van der Waals surface area (Å²) in [5.41, 5.74) is 1.92. The van der Waals surface area contributed by atoms with Crippen LogP contribution in [0.5, 0.6) is 0 Å². The molecule has 1 fully saturated rings.